The highest BCUT2D eigenvalue weighted by Crippen LogP contribution is 2.22. The summed E-state index contributed by atoms with van der Waals surface area (Å²) in [5.74, 6) is 0.573. The van der Waals surface area contributed by atoms with Crippen molar-refractivity contribution in [3.63, 3.8) is 0 Å². The van der Waals surface area contributed by atoms with Crippen LogP contribution in [-0.2, 0) is 6.42 Å². The second-order valence-corrected chi connectivity index (χ2v) is 4.67. The van der Waals surface area contributed by atoms with E-state index >= 15 is 0 Å². The molecule has 1 aliphatic heterocycles. The Bertz CT molecular complexity index is 343. The van der Waals surface area contributed by atoms with Gasteiger partial charge in [-0.05, 0) is 36.9 Å². The van der Waals surface area contributed by atoms with Gasteiger partial charge in [0.2, 0.25) is 0 Å². The Morgan fingerprint density at radius 3 is 2.94 bits per heavy atom. The van der Waals surface area contributed by atoms with Gasteiger partial charge in [0.15, 0.2) is 0 Å². The fraction of sp³-hybridized carbons (Fsp3) is 0.500. The molecule has 2 atom stereocenters. The summed E-state index contributed by atoms with van der Waals surface area (Å²) in [5, 5.41) is 0.862. The summed E-state index contributed by atoms with van der Waals surface area (Å²) >= 11 is 6.16. The lowest BCUT2D eigenvalue weighted by Crippen LogP contribution is -2.33. The van der Waals surface area contributed by atoms with E-state index in [2.05, 4.69) is 16.9 Å². The summed E-state index contributed by atoms with van der Waals surface area (Å²) < 4.78 is 0. The molecule has 1 aliphatic rings. The molecule has 0 aromatic heterocycles. The molecule has 0 radical (unpaired) electrons. The second-order valence-electron chi connectivity index (χ2n) is 4.26. The third-order valence-corrected chi connectivity index (χ3v) is 3.51. The quantitative estimate of drug-likeness (QED) is 0.743. The molecular weight excluding hydrogens is 222 g/mol. The molecule has 1 fully saturated rings. The predicted octanol–water partition coefficient (Wildman–Crippen LogP) is 1.32. The van der Waals surface area contributed by atoms with Crippen LogP contribution in [0.1, 0.15) is 12.0 Å². The molecule has 0 bridgehead atoms. The molecule has 16 heavy (non-hydrogen) atoms. The number of nitrogens with two attached hydrogens (primary N) is 1. The zero-order chi connectivity index (χ0) is 11.4. The zero-order valence-electron chi connectivity index (χ0n) is 9.25. The van der Waals surface area contributed by atoms with Gasteiger partial charge in [0, 0.05) is 17.6 Å². The van der Waals surface area contributed by atoms with Crippen LogP contribution in [0.15, 0.2) is 24.3 Å². The number of benzene rings is 1. The van der Waals surface area contributed by atoms with Crippen LogP contribution in [0, 0.1) is 5.92 Å². The molecule has 2 rings (SSSR count). The molecule has 0 aliphatic carbocycles. The van der Waals surface area contributed by atoms with E-state index in [0.29, 0.717) is 12.0 Å². The van der Waals surface area contributed by atoms with E-state index < -0.39 is 0 Å². The highest BCUT2D eigenvalue weighted by Gasteiger charge is 2.26. The number of nitrogens with one attached hydrogen (secondary N) is 2. The molecule has 1 saturated heterocycles. The molecule has 1 aromatic carbocycles. The highest BCUT2D eigenvalue weighted by atomic mass is 35.5. The van der Waals surface area contributed by atoms with Gasteiger partial charge >= 0.3 is 0 Å². The Balaban J connectivity index is 2.01. The van der Waals surface area contributed by atoms with Gasteiger partial charge in [-0.3, -0.25) is 10.9 Å². The third-order valence-electron chi connectivity index (χ3n) is 3.14. The van der Waals surface area contributed by atoms with Crippen molar-refractivity contribution in [3.8, 4) is 0 Å². The van der Waals surface area contributed by atoms with E-state index in [0.717, 1.165) is 31.0 Å². The molecule has 3 nitrogen and oxygen atoms in total. The van der Waals surface area contributed by atoms with Crippen LogP contribution in [0.5, 0.6) is 0 Å². The SMILES string of the molecule is NCCC1NNCC1Cc1ccccc1Cl. The van der Waals surface area contributed by atoms with Crippen LogP contribution >= 0.6 is 11.6 Å². The molecule has 88 valence electrons. The fourth-order valence-corrected chi connectivity index (χ4v) is 2.44. The van der Waals surface area contributed by atoms with Crippen LogP contribution in [0.4, 0.5) is 0 Å². The lowest BCUT2D eigenvalue weighted by atomic mass is 9.92. The first-order valence-electron chi connectivity index (χ1n) is 5.73. The van der Waals surface area contributed by atoms with Gasteiger partial charge in [0.1, 0.15) is 0 Å². The minimum absolute atomic E-state index is 0.460. The Morgan fingerprint density at radius 1 is 1.38 bits per heavy atom. The van der Waals surface area contributed by atoms with Gasteiger partial charge in [-0.25, -0.2) is 0 Å². The summed E-state index contributed by atoms with van der Waals surface area (Å²) in [6.07, 6.45) is 2.01. The molecule has 2 unspecified atom stereocenters. The van der Waals surface area contributed by atoms with E-state index in [-0.39, 0.29) is 0 Å². The van der Waals surface area contributed by atoms with Crippen LogP contribution in [-0.4, -0.2) is 19.1 Å². The monoisotopic (exact) mass is 239 g/mol. The maximum absolute atomic E-state index is 6.16. The summed E-state index contributed by atoms with van der Waals surface area (Å²) in [7, 11) is 0. The average Bonchev–Trinajstić information content (AvgIpc) is 2.70. The highest BCUT2D eigenvalue weighted by molar-refractivity contribution is 6.31. The van der Waals surface area contributed by atoms with E-state index in [9.17, 15) is 0 Å². The lowest BCUT2D eigenvalue weighted by Gasteiger charge is -2.18. The van der Waals surface area contributed by atoms with Gasteiger partial charge < -0.3 is 5.73 Å². The Kier molecular flexibility index (Phi) is 4.18. The summed E-state index contributed by atoms with van der Waals surface area (Å²) in [4.78, 5) is 0. The molecule has 1 heterocycles. The molecular formula is C12H18ClN3. The smallest absolute Gasteiger partial charge is 0.0438 e. The molecule has 4 heteroatoms. The van der Waals surface area contributed by atoms with Crippen LogP contribution < -0.4 is 16.6 Å². The predicted molar refractivity (Wildman–Crippen MR) is 67.2 cm³/mol. The Hall–Kier alpha value is -0.610. The summed E-state index contributed by atoms with van der Waals surface area (Å²) in [6, 6.07) is 8.51. The van der Waals surface area contributed by atoms with Gasteiger partial charge in [-0.15, -0.1) is 0 Å². The van der Waals surface area contributed by atoms with E-state index in [1.807, 2.05) is 18.2 Å². The Morgan fingerprint density at radius 2 is 2.19 bits per heavy atom. The number of halogens is 1. The number of hydrazine groups is 1. The van der Waals surface area contributed by atoms with Crippen LogP contribution in [0.2, 0.25) is 5.02 Å². The first kappa shape index (κ1) is 11.9. The second kappa shape index (κ2) is 5.64. The largest absolute Gasteiger partial charge is 0.330 e. The van der Waals surface area contributed by atoms with E-state index in [4.69, 9.17) is 17.3 Å². The van der Waals surface area contributed by atoms with Crippen molar-refractivity contribution in [1.29, 1.82) is 0 Å². The van der Waals surface area contributed by atoms with Crippen LogP contribution in [0.3, 0.4) is 0 Å². The minimum atomic E-state index is 0.460. The topological polar surface area (TPSA) is 50.1 Å². The molecule has 0 saturated carbocycles. The summed E-state index contributed by atoms with van der Waals surface area (Å²) in [6.45, 7) is 1.70. The Labute approximate surface area is 101 Å². The molecule has 1 aromatic rings. The first-order valence-corrected chi connectivity index (χ1v) is 6.11. The zero-order valence-corrected chi connectivity index (χ0v) is 10.0. The number of hydrogen-bond donors (Lipinski definition) is 3. The van der Waals surface area contributed by atoms with Crippen molar-refractivity contribution < 1.29 is 0 Å². The molecule has 0 spiro atoms. The van der Waals surface area contributed by atoms with Crippen LogP contribution in [0.25, 0.3) is 0 Å². The van der Waals surface area contributed by atoms with Crippen molar-refractivity contribution in [1.82, 2.24) is 10.9 Å². The van der Waals surface area contributed by atoms with Gasteiger partial charge in [-0.1, -0.05) is 29.8 Å². The van der Waals surface area contributed by atoms with Crippen molar-refractivity contribution in [3.05, 3.63) is 34.9 Å². The third kappa shape index (κ3) is 2.74. The average molecular weight is 240 g/mol. The van der Waals surface area contributed by atoms with Crippen molar-refractivity contribution in [2.24, 2.45) is 11.7 Å². The maximum atomic E-state index is 6.16. The standard InChI is InChI=1S/C12H18ClN3/c13-11-4-2-1-3-9(11)7-10-8-15-16-12(10)5-6-14/h1-4,10,12,15-16H,5-8,14H2. The van der Waals surface area contributed by atoms with Gasteiger partial charge in [0.25, 0.3) is 0 Å². The number of hydrogen-bond acceptors (Lipinski definition) is 3. The first-order chi connectivity index (χ1) is 7.81. The number of rotatable bonds is 4. The van der Waals surface area contributed by atoms with E-state index in [1.165, 1.54) is 5.56 Å². The lowest BCUT2D eigenvalue weighted by molar-refractivity contribution is 0.433. The fourth-order valence-electron chi connectivity index (χ4n) is 2.23. The van der Waals surface area contributed by atoms with Gasteiger partial charge in [-0.2, -0.15) is 0 Å². The molecule has 4 N–H and O–H groups in total. The normalized spacial score (nSPS) is 24.9. The minimum Gasteiger partial charge on any atom is -0.330 e. The van der Waals surface area contributed by atoms with Crippen molar-refractivity contribution in [2.75, 3.05) is 13.1 Å². The maximum Gasteiger partial charge on any atom is 0.0438 e. The van der Waals surface area contributed by atoms with Gasteiger partial charge in [0.05, 0.1) is 0 Å². The molecule has 0 amide bonds. The van der Waals surface area contributed by atoms with Crippen molar-refractivity contribution >= 4 is 11.6 Å². The van der Waals surface area contributed by atoms with Crippen molar-refractivity contribution in [2.45, 2.75) is 18.9 Å². The van der Waals surface area contributed by atoms with E-state index in [1.54, 1.807) is 0 Å². The summed E-state index contributed by atoms with van der Waals surface area (Å²) in [5.41, 5.74) is 13.3.